The van der Waals surface area contributed by atoms with E-state index < -0.39 is 42.4 Å². The van der Waals surface area contributed by atoms with Gasteiger partial charge in [0.15, 0.2) is 0 Å². The highest BCUT2D eigenvalue weighted by atomic mass is 16.7. The monoisotopic (exact) mass is 246 g/mol. The molecule has 2 fully saturated rings. The molecular formula is C9H14N2O6. The molecule has 2 bridgehead atoms. The summed E-state index contributed by atoms with van der Waals surface area (Å²) in [6.45, 7) is 1.38. The molecular weight excluding hydrogens is 232 g/mol. The van der Waals surface area contributed by atoms with Crippen LogP contribution in [0.3, 0.4) is 0 Å². The second-order valence-electron chi connectivity index (χ2n) is 4.26. The Bertz CT molecular complexity index is 346. The van der Waals surface area contributed by atoms with E-state index >= 15 is 0 Å². The second-order valence-corrected chi connectivity index (χ2v) is 4.26. The van der Waals surface area contributed by atoms with Crippen molar-refractivity contribution in [1.82, 2.24) is 10.4 Å². The Morgan fingerprint density at radius 2 is 2.06 bits per heavy atom. The van der Waals surface area contributed by atoms with Crippen LogP contribution in [0.1, 0.15) is 13.3 Å². The van der Waals surface area contributed by atoms with Crippen LogP contribution in [0.2, 0.25) is 0 Å². The molecule has 1 aliphatic heterocycles. The number of carbonyl (C=O) groups excluding carboxylic acids is 1. The van der Waals surface area contributed by atoms with Gasteiger partial charge < -0.3 is 20.6 Å². The van der Waals surface area contributed by atoms with Gasteiger partial charge in [-0.1, -0.05) is 0 Å². The lowest BCUT2D eigenvalue weighted by Gasteiger charge is -2.33. The van der Waals surface area contributed by atoms with Crippen LogP contribution in [0.25, 0.3) is 0 Å². The molecule has 8 heteroatoms. The number of aliphatic hydroxyl groups excluding tert-OH is 2. The van der Waals surface area contributed by atoms with E-state index in [9.17, 15) is 19.8 Å². The number of hydrogen-bond acceptors (Lipinski definition) is 5. The summed E-state index contributed by atoms with van der Waals surface area (Å²) in [6.07, 6.45) is -3.60. The van der Waals surface area contributed by atoms with Gasteiger partial charge in [-0.15, -0.1) is 0 Å². The molecule has 4 unspecified atom stereocenters. The van der Waals surface area contributed by atoms with Crippen LogP contribution in [0.5, 0.6) is 0 Å². The first-order valence-electron chi connectivity index (χ1n) is 5.27. The fourth-order valence-corrected chi connectivity index (χ4v) is 2.18. The Kier molecular flexibility index (Phi) is 2.94. The third-order valence-corrected chi connectivity index (χ3v) is 3.08. The molecule has 0 radical (unpaired) electrons. The van der Waals surface area contributed by atoms with Gasteiger partial charge in [0.2, 0.25) is 0 Å². The Morgan fingerprint density at radius 3 is 2.53 bits per heavy atom. The number of hydroxylamine groups is 2. The average Bonchev–Trinajstić information content (AvgIpc) is 2.78. The number of nitrogens with one attached hydrogen (secondary N) is 1. The molecule has 17 heavy (non-hydrogen) atoms. The predicted molar refractivity (Wildman–Crippen MR) is 52.8 cm³/mol. The molecule has 0 spiro atoms. The van der Waals surface area contributed by atoms with Gasteiger partial charge in [0.1, 0.15) is 24.4 Å². The molecule has 1 heterocycles. The third kappa shape index (κ3) is 1.94. The van der Waals surface area contributed by atoms with Crippen molar-refractivity contribution in [3.63, 3.8) is 0 Å². The van der Waals surface area contributed by atoms with E-state index in [4.69, 9.17) is 9.94 Å². The molecule has 8 nitrogen and oxygen atoms in total. The number of hydrogen-bond donors (Lipinski definition) is 4. The number of carboxylic acid groups (broad SMARTS) is 1. The average molecular weight is 246 g/mol. The van der Waals surface area contributed by atoms with Gasteiger partial charge in [0, 0.05) is 6.42 Å². The smallest absolute Gasteiger partial charge is 0.405 e. The molecule has 0 aromatic rings. The minimum Gasteiger partial charge on any atom is -0.465 e. The second kappa shape index (κ2) is 4.13. The summed E-state index contributed by atoms with van der Waals surface area (Å²) in [6, 6.07) is -1.57. The van der Waals surface area contributed by atoms with E-state index in [1.807, 2.05) is 5.32 Å². The zero-order chi connectivity index (χ0) is 12.7. The highest BCUT2D eigenvalue weighted by molar-refractivity contribution is 5.84. The zero-order valence-electron chi connectivity index (χ0n) is 9.11. The lowest BCUT2D eigenvalue weighted by molar-refractivity contribution is -0.240. The summed E-state index contributed by atoms with van der Waals surface area (Å²) in [5.41, 5.74) is 0. The number of carbonyl (C=O) groups is 2. The quantitative estimate of drug-likeness (QED) is 0.460. The van der Waals surface area contributed by atoms with Crippen molar-refractivity contribution in [3.8, 4) is 0 Å². The fourth-order valence-electron chi connectivity index (χ4n) is 2.18. The summed E-state index contributed by atoms with van der Waals surface area (Å²) < 4.78 is 0. The van der Waals surface area contributed by atoms with Crippen LogP contribution in [-0.2, 0) is 9.63 Å². The van der Waals surface area contributed by atoms with Gasteiger partial charge in [-0.05, 0) is 6.92 Å². The van der Waals surface area contributed by atoms with Gasteiger partial charge in [-0.3, -0.25) is 9.63 Å². The van der Waals surface area contributed by atoms with Crippen LogP contribution in [-0.4, -0.2) is 62.8 Å². The first-order valence-corrected chi connectivity index (χ1v) is 5.27. The van der Waals surface area contributed by atoms with E-state index in [2.05, 4.69) is 0 Å². The van der Waals surface area contributed by atoms with Gasteiger partial charge in [0.05, 0.1) is 6.04 Å². The maximum absolute atomic E-state index is 11.8. The Hall–Kier alpha value is -1.38. The summed E-state index contributed by atoms with van der Waals surface area (Å²) in [5, 5.41) is 30.5. The third-order valence-electron chi connectivity index (χ3n) is 3.08. The summed E-state index contributed by atoms with van der Waals surface area (Å²) in [4.78, 5) is 27.3. The molecule has 96 valence electrons. The molecule has 5 atom stereocenters. The Labute approximate surface area is 96.7 Å². The number of nitrogens with zero attached hydrogens (tertiary/aromatic N) is 1. The number of rotatable bonds is 2. The van der Waals surface area contributed by atoms with Crippen molar-refractivity contribution in [3.05, 3.63) is 0 Å². The molecule has 2 rings (SSSR count). The zero-order valence-corrected chi connectivity index (χ0v) is 9.11. The van der Waals surface area contributed by atoms with Gasteiger partial charge in [0.25, 0.3) is 5.91 Å². The van der Waals surface area contributed by atoms with Crippen LogP contribution < -0.4 is 5.32 Å². The predicted octanol–water partition coefficient (Wildman–Crippen LogP) is -1.72. The van der Waals surface area contributed by atoms with E-state index in [1.54, 1.807) is 0 Å². The van der Waals surface area contributed by atoms with Gasteiger partial charge in [-0.25, -0.2) is 9.86 Å². The van der Waals surface area contributed by atoms with Crippen LogP contribution in [0, 0.1) is 0 Å². The van der Waals surface area contributed by atoms with E-state index in [0.29, 0.717) is 6.42 Å². The van der Waals surface area contributed by atoms with Gasteiger partial charge in [-0.2, -0.15) is 0 Å². The minimum atomic E-state index is -1.31. The highest BCUT2D eigenvalue weighted by Gasteiger charge is 2.54. The van der Waals surface area contributed by atoms with E-state index in [1.165, 1.54) is 6.92 Å². The maximum Gasteiger partial charge on any atom is 0.405 e. The lowest BCUT2D eigenvalue weighted by Crippen LogP contribution is -2.55. The van der Waals surface area contributed by atoms with Crippen molar-refractivity contribution >= 4 is 12.0 Å². The van der Waals surface area contributed by atoms with Crippen molar-refractivity contribution in [1.29, 1.82) is 0 Å². The molecule has 1 saturated carbocycles. The fraction of sp³-hybridized carbons (Fsp3) is 0.778. The Balaban J connectivity index is 2.01. The van der Waals surface area contributed by atoms with E-state index in [0.717, 1.165) is 5.06 Å². The van der Waals surface area contributed by atoms with Crippen molar-refractivity contribution < 1.29 is 29.7 Å². The molecule has 0 aromatic heterocycles. The van der Waals surface area contributed by atoms with Gasteiger partial charge >= 0.3 is 6.09 Å². The molecule has 2 aliphatic rings. The summed E-state index contributed by atoms with van der Waals surface area (Å²) in [7, 11) is 0. The molecule has 1 aliphatic carbocycles. The number of fused-ring (bicyclic) bond motifs is 2. The normalized spacial score (nSPS) is 37.0. The summed E-state index contributed by atoms with van der Waals surface area (Å²) in [5.74, 6) is -0.578. The minimum absolute atomic E-state index is 0.355. The Morgan fingerprint density at radius 1 is 1.41 bits per heavy atom. The van der Waals surface area contributed by atoms with E-state index in [-0.39, 0.29) is 0 Å². The molecule has 2 amide bonds. The molecule has 4 N–H and O–H groups in total. The van der Waals surface area contributed by atoms with Crippen molar-refractivity contribution in [2.45, 2.75) is 43.7 Å². The first kappa shape index (κ1) is 12.1. The SMILES string of the molecule is CC(NC(=O)O)C(=O)N1O[C@@H]2CC1C(O)C2O. The van der Waals surface area contributed by atoms with Crippen molar-refractivity contribution in [2.75, 3.05) is 0 Å². The highest BCUT2D eigenvalue weighted by Crippen LogP contribution is 2.35. The standard InChI is InChI=1S/C9H14N2O6/c1-3(10-9(15)16)8(14)11-4-2-5(17-11)7(13)6(4)12/h3-7,10,12-13H,2H2,1H3,(H,15,16)/t3?,4?,5-,6?,7?/m1/s1. The maximum atomic E-state index is 11.8. The van der Waals surface area contributed by atoms with Crippen molar-refractivity contribution in [2.24, 2.45) is 0 Å². The van der Waals surface area contributed by atoms with Crippen LogP contribution >= 0.6 is 0 Å². The van der Waals surface area contributed by atoms with Crippen LogP contribution in [0.15, 0.2) is 0 Å². The lowest BCUT2D eigenvalue weighted by atomic mass is 10.1. The number of amides is 2. The number of aliphatic hydroxyl groups is 2. The largest absolute Gasteiger partial charge is 0.465 e. The molecule has 1 saturated heterocycles. The molecule has 0 aromatic carbocycles. The summed E-state index contributed by atoms with van der Waals surface area (Å²) >= 11 is 0. The first-order chi connectivity index (χ1) is 7.91. The topological polar surface area (TPSA) is 119 Å². The van der Waals surface area contributed by atoms with Crippen LogP contribution in [0.4, 0.5) is 4.79 Å².